The summed E-state index contributed by atoms with van der Waals surface area (Å²) in [6.45, 7) is 1.70. The van der Waals surface area contributed by atoms with E-state index in [-0.39, 0.29) is 41.9 Å². The Morgan fingerprint density at radius 3 is 2.15 bits per heavy atom. The van der Waals surface area contributed by atoms with E-state index in [1.165, 1.54) is 0 Å². The molecule has 3 rings (SSSR count). The monoisotopic (exact) mass is 618 g/mol. The third-order valence-corrected chi connectivity index (χ3v) is 5.16. The molecule has 0 bridgehead atoms. The Bertz CT molecular complexity index is 1270. The second-order valence-corrected chi connectivity index (χ2v) is 8.22. The average molecular weight is 619 g/mol. The summed E-state index contributed by atoms with van der Waals surface area (Å²) in [7, 11) is 1.75. The van der Waals surface area contributed by atoms with Crippen LogP contribution in [0.5, 0.6) is 5.75 Å². The van der Waals surface area contributed by atoms with E-state index in [0.29, 0.717) is 13.0 Å². The Morgan fingerprint density at radius 2 is 1.66 bits per heavy atom. The Balaban J connectivity index is 0.00000140. The first-order chi connectivity index (χ1) is 18.3. The molecule has 0 aliphatic rings. The molecule has 19 heteroatoms. The molecule has 2 aromatic heterocycles. The highest BCUT2D eigenvalue weighted by atomic mass is 35.5. The summed E-state index contributed by atoms with van der Waals surface area (Å²) in [5.74, 6) is -4.95. The number of carboxylic acid groups (broad SMARTS) is 2. The van der Waals surface area contributed by atoms with Crippen molar-refractivity contribution in [3.8, 4) is 16.9 Å². The zero-order chi connectivity index (χ0) is 29.3. The molecule has 230 valence electrons. The van der Waals surface area contributed by atoms with Gasteiger partial charge in [-0.05, 0) is 26.9 Å². The fourth-order valence-electron chi connectivity index (χ4n) is 2.98. The van der Waals surface area contributed by atoms with E-state index < -0.39 is 57.9 Å². The van der Waals surface area contributed by atoms with E-state index in [1.807, 2.05) is 0 Å². The largest absolute Gasteiger partial charge is 0.493 e. The highest BCUT2D eigenvalue weighted by molar-refractivity contribution is 6.33. The van der Waals surface area contributed by atoms with Gasteiger partial charge in [0, 0.05) is 12.1 Å². The van der Waals surface area contributed by atoms with Gasteiger partial charge in [0.2, 0.25) is 0 Å². The van der Waals surface area contributed by atoms with Gasteiger partial charge in [-0.15, -0.1) is 0 Å². The van der Waals surface area contributed by atoms with Crippen molar-refractivity contribution in [3.63, 3.8) is 0 Å². The molecule has 0 aliphatic heterocycles. The van der Waals surface area contributed by atoms with Crippen LogP contribution in [0.25, 0.3) is 16.9 Å². The molecule has 2 heterocycles. The Hall–Kier alpha value is -3.87. The number of benzene rings is 1. The summed E-state index contributed by atoms with van der Waals surface area (Å²) >= 11 is 6.11. The number of halogens is 6. The topological polar surface area (TPSA) is 214 Å². The van der Waals surface area contributed by atoms with Gasteiger partial charge in [-0.2, -0.15) is 32.8 Å². The number of rotatable bonds is 11. The maximum Gasteiger partial charge on any atom is 0.408 e. The van der Waals surface area contributed by atoms with Crippen molar-refractivity contribution in [2.45, 2.75) is 38.4 Å². The minimum absolute atomic E-state index is 0. The standard InChI is InChI=1S/C18H18ClF5N6O.C4H6O4.2H2O/c1-9(18(22,23)24)28-16-14(15(19)29-17-26-8-27-30(16)17)13-11(20)6-10(7-12(13)21)31-5-3-4-25-2;5-3(6)1-2-4(7)8;;/h6-9,25,28H,3-5H2,1-2H3;1-2H2,(H,5,6)(H,7,8);2*1H2. The number of carbonyl (C=O) groups is 2. The molecule has 0 fully saturated rings. The van der Waals surface area contributed by atoms with Crippen LogP contribution in [0.2, 0.25) is 5.15 Å². The number of nitrogens with zero attached hydrogens (tertiary/aromatic N) is 4. The third kappa shape index (κ3) is 10.6. The normalized spacial score (nSPS) is 11.4. The summed E-state index contributed by atoms with van der Waals surface area (Å²) in [4.78, 5) is 26.9. The molecule has 0 saturated carbocycles. The minimum atomic E-state index is -4.65. The van der Waals surface area contributed by atoms with Crippen molar-refractivity contribution >= 4 is 35.1 Å². The van der Waals surface area contributed by atoms with Gasteiger partial charge in [0.1, 0.15) is 40.7 Å². The Morgan fingerprint density at radius 1 is 1.10 bits per heavy atom. The fraction of sp³-hybridized carbons (Fsp3) is 0.409. The number of aromatic nitrogens is 4. The summed E-state index contributed by atoms with van der Waals surface area (Å²) in [6, 6.07) is -0.231. The molecule has 1 unspecified atom stereocenters. The number of hydrogen-bond acceptors (Lipinski definition) is 8. The molecular weight excluding hydrogens is 591 g/mol. The lowest BCUT2D eigenvalue weighted by atomic mass is 10.1. The number of ether oxygens (including phenoxy) is 1. The van der Waals surface area contributed by atoms with Crippen LogP contribution in [0.4, 0.5) is 27.8 Å². The minimum Gasteiger partial charge on any atom is -0.493 e. The van der Waals surface area contributed by atoms with Gasteiger partial charge in [0.25, 0.3) is 5.78 Å². The molecule has 1 atom stereocenters. The average Bonchev–Trinajstić information content (AvgIpc) is 3.29. The summed E-state index contributed by atoms with van der Waals surface area (Å²) in [6.07, 6.45) is -3.61. The predicted molar refractivity (Wildman–Crippen MR) is 136 cm³/mol. The molecule has 0 amide bonds. The highest BCUT2D eigenvalue weighted by Gasteiger charge is 2.37. The first-order valence-electron chi connectivity index (χ1n) is 11.2. The van der Waals surface area contributed by atoms with Crippen molar-refractivity contribution in [1.82, 2.24) is 24.9 Å². The zero-order valence-corrected chi connectivity index (χ0v) is 22.3. The summed E-state index contributed by atoms with van der Waals surface area (Å²) in [5.41, 5.74) is -1.10. The highest BCUT2D eigenvalue weighted by Crippen LogP contribution is 2.39. The lowest BCUT2D eigenvalue weighted by Gasteiger charge is -2.21. The van der Waals surface area contributed by atoms with E-state index >= 15 is 0 Å². The quantitative estimate of drug-likeness (QED) is 0.140. The van der Waals surface area contributed by atoms with Gasteiger partial charge in [0.15, 0.2) is 0 Å². The first-order valence-corrected chi connectivity index (χ1v) is 11.6. The van der Waals surface area contributed by atoms with Gasteiger partial charge in [0.05, 0.1) is 30.6 Å². The van der Waals surface area contributed by atoms with Gasteiger partial charge in [-0.3, -0.25) is 9.59 Å². The van der Waals surface area contributed by atoms with Crippen LogP contribution >= 0.6 is 11.6 Å². The van der Waals surface area contributed by atoms with Gasteiger partial charge in [-0.25, -0.2) is 8.78 Å². The predicted octanol–water partition coefficient (Wildman–Crippen LogP) is 2.36. The van der Waals surface area contributed by atoms with Crippen molar-refractivity contribution in [2.24, 2.45) is 0 Å². The molecular formula is C22H28ClF5N6O7. The van der Waals surface area contributed by atoms with E-state index in [1.54, 1.807) is 7.05 Å². The number of anilines is 1. The molecule has 0 spiro atoms. The number of alkyl halides is 3. The maximum absolute atomic E-state index is 14.9. The Labute approximate surface area is 233 Å². The summed E-state index contributed by atoms with van der Waals surface area (Å²) in [5, 5.41) is 24.2. The van der Waals surface area contributed by atoms with Crippen LogP contribution < -0.4 is 15.4 Å². The molecule has 0 aliphatic carbocycles. The molecule has 41 heavy (non-hydrogen) atoms. The smallest absolute Gasteiger partial charge is 0.408 e. The van der Waals surface area contributed by atoms with E-state index in [9.17, 15) is 31.5 Å². The van der Waals surface area contributed by atoms with Crippen molar-refractivity contribution in [1.29, 1.82) is 0 Å². The fourth-order valence-corrected chi connectivity index (χ4v) is 3.24. The van der Waals surface area contributed by atoms with Crippen LogP contribution in [-0.4, -0.2) is 85.1 Å². The van der Waals surface area contributed by atoms with E-state index in [2.05, 4.69) is 25.7 Å². The molecule has 0 radical (unpaired) electrons. The molecule has 8 N–H and O–H groups in total. The second-order valence-electron chi connectivity index (χ2n) is 7.86. The van der Waals surface area contributed by atoms with Crippen molar-refractivity contribution < 1.29 is 57.4 Å². The van der Waals surface area contributed by atoms with Crippen molar-refractivity contribution in [3.05, 3.63) is 35.2 Å². The van der Waals surface area contributed by atoms with E-state index in [0.717, 1.165) is 29.9 Å². The number of fused-ring (bicyclic) bond motifs is 1. The van der Waals surface area contributed by atoms with Crippen LogP contribution in [0.15, 0.2) is 18.5 Å². The maximum atomic E-state index is 14.9. The molecule has 13 nitrogen and oxygen atoms in total. The van der Waals surface area contributed by atoms with E-state index in [4.69, 9.17) is 26.6 Å². The van der Waals surface area contributed by atoms with Gasteiger partial charge < -0.3 is 36.5 Å². The lowest BCUT2D eigenvalue weighted by molar-refractivity contribution is -0.143. The van der Waals surface area contributed by atoms with Crippen molar-refractivity contribution in [2.75, 3.05) is 25.5 Å². The number of hydrogen-bond donors (Lipinski definition) is 4. The molecule has 1 aromatic carbocycles. The van der Waals surface area contributed by atoms with Crippen LogP contribution in [0.1, 0.15) is 26.2 Å². The molecule has 0 saturated heterocycles. The number of carboxylic acids is 2. The van der Waals surface area contributed by atoms with Gasteiger partial charge in [-0.1, -0.05) is 11.6 Å². The second kappa shape index (κ2) is 16.4. The van der Waals surface area contributed by atoms with Crippen LogP contribution in [0, 0.1) is 11.6 Å². The van der Waals surface area contributed by atoms with Crippen LogP contribution in [-0.2, 0) is 9.59 Å². The van der Waals surface area contributed by atoms with Gasteiger partial charge >= 0.3 is 18.1 Å². The number of aliphatic carboxylic acids is 2. The Kier molecular flexibility index (Phi) is 14.9. The van der Waals surface area contributed by atoms with Crippen LogP contribution in [0.3, 0.4) is 0 Å². The summed E-state index contributed by atoms with van der Waals surface area (Å²) < 4.78 is 75.5. The third-order valence-electron chi connectivity index (χ3n) is 4.89. The SMILES string of the molecule is CNCCCOc1cc(F)c(-c2c(Cl)nc3ncnn3c2NC(C)C(F)(F)F)c(F)c1.O.O.O=C(O)CCC(=O)O. The number of nitrogens with one attached hydrogen (secondary N) is 2. The zero-order valence-electron chi connectivity index (χ0n) is 21.5. The first kappa shape index (κ1) is 37.1. The lowest BCUT2D eigenvalue weighted by Crippen LogP contribution is -2.34. The molecule has 3 aromatic rings.